The Hall–Kier alpha value is -2.70. The number of esters is 1. The molecule has 2 aromatic rings. The standard InChI is InChI=1S/C27H33N2O3P/c1-4-24(27(31)29-26-20(2)15-23(17-28)16-21(26)3)33(13-9-6-10-14-33)19-25(30)32-18-22-11-7-5-8-12-22/h5,7-8,11-12,15-16,24H,4,6,9-10,13-14,18-19H2,1-3H3/p+1. The largest absolute Gasteiger partial charge is 0.458 e. The van der Waals surface area contributed by atoms with Crippen molar-refractivity contribution in [2.24, 2.45) is 0 Å². The molecule has 5 nitrogen and oxygen atoms in total. The van der Waals surface area contributed by atoms with Gasteiger partial charge >= 0.3 is 5.97 Å². The fourth-order valence-corrected chi connectivity index (χ4v) is 10.0. The van der Waals surface area contributed by atoms with Gasteiger partial charge in [-0.3, -0.25) is 4.79 Å². The van der Waals surface area contributed by atoms with Crippen LogP contribution in [0.1, 0.15) is 54.9 Å². The molecule has 6 heteroatoms. The van der Waals surface area contributed by atoms with Crippen molar-refractivity contribution in [3.8, 4) is 6.07 Å². The predicted octanol–water partition coefficient (Wildman–Crippen LogP) is 5.84. The number of ether oxygens (including phenoxy) is 1. The summed E-state index contributed by atoms with van der Waals surface area (Å²) in [6.45, 7) is 6.15. The number of amides is 1. The zero-order valence-corrected chi connectivity index (χ0v) is 20.8. The molecule has 0 spiro atoms. The van der Waals surface area contributed by atoms with Gasteiger partial charge in [0.15, 0.2) is 6.16 Å². The summed E-state index contributed by atoms with van der Waals surface area (Å²) in [5.41, 5.74) is 3.93. The van der Waals surface area contributed by atoms with Crippen LogP contribution in [0.3, 0.4) is 0 Å². The molecule has 33 heavy (non-hydrogen) atoms. The van der Waals surface area contributed by atoms with E-state index >= 15 is 0 Å². The Kier molecular flexibility index (Phi) is 8.64. The summed E-state index contributed by atoms with van der Waals surface area (Å²) < 4.78 is 5.64. The van der Waals surface area contributed by atoms with E-state index in [-0.39, 0.29) is 24.1 Å². The lowest BCUT2D eigenvalue weighted by Crippen LogP contribution is -2.37. The highest BCUT2D eigenvalue weighted by Crippen LogP contribution is 2.67. The van der Waals surface area contributed by atoms with Crippen molar-refractivity contribution in [1.29, 1.82) is 5.26 Å². The maximum Gasteiger partial charge on any atom is 0.344 e. The number of nitrogens with one attached hydrogen (secondary N) is 1. The third-order valence-corrected chi connectivity index (χ3v) is 11.9. The summed E-state index contributed by atoms with van der Waals surface area (Å²) >= 11 is 0. The van der Waals surface area contributed by atoms with Crippen molar-refractivity contribution in [3.63, 3.8) is 0 Å². The number of nitriles is 1. The second-order valence-corrected chi connectivity index (χ2v) is 13.3. The first-order valence-corrected chi connectivity index (χ1v) is 14.2. The van der Waals surface area contributed by atoms with Gasteiger partial charge in [0.1, 0.15) is 12.3 Å². The molecule has 1 saturated heterocycles. The number of aryl methyl sites for hydroxylation is 2. The Bertz CT molecular complexity index is 1000. The molecule has 0 saturated carbocycles. The molecule has 1 unspecified atom stereocenters. The minimum Gasteiger partial charge on any atom is -0.458 e. The van der Waals surface area contributed by atoms with Crippen LogP contribution in [0.4, 0.5) is 5.69 Å². The van der Waals surface area contributed by atoms with Crippen molar-refractivity contribution in [2.45, 2.75) is 58.7 Å². The van der Waals surface area contributed by atoms with Gasteiger partial charge in [-0.05, 0) is 68.4 Å². The van der Waals surface area contributed by atoms with Gasteiger partial charge in [-0.15, -0.1) is 0 Å². The number of nitrogens with zero attached hydrogens (tertiary/aromatic N) is 1. The molecule has 0 aliphatic carbocycles. The number of hydrogen-bond acceptors (Lipinski definition) is 4. The first kappa shape index (κ1) is 24.9. The average Bonchev–Trinajstić information content (AvgIpc) is 2.81. The number of anilines is 1. The van der Waals surface area contributed by atoms with Crippen molar-refractivity contribution in [3.05, 3.63) is 64.7 Å². The van der Waals surface area contributed by atoms with E-state index in [9.17, 15) is 14.9 Å². The Balaban J connectivity index is 1.77. The first-order chi connectivity index (χ1) is 15.9. The molecule has 174 valence electrons. The quantitative estimate of drug-likeness (QED) is 0.393. The van der Waals surface area contributed by atoms with Gasteiger partial charge in [-0.25, -0.2) is 4.79 Å². The highest BCUT2D eigenvalue weighted by Gasteiger charge is 2.51. The topological polar surface area (TPSA) is 79.2 Å². The maximum atomic E-state index is 13.6. The van der Waals surface area contributed by atoms with Gasteiger partial charge in [0, 0.05) is 12.9 Å². The molecule has 2 aromatic carbocycles. The van der Waals surface area contributed by atoms with Crippen molar-refractivity contribution < 1.29 is 14.3 Å². The molecule has 3 rings (SSSR count). The van der Waals surface area contributed by atoms with E-state index in [2.05, 4.69) is 11.4 Å². The molecule has 0 aromatic heterocycles. The number of rotatable bonds is 8. The molecule has 1 fully saturated rings. The van der Waals surface area contributed by atoms with Crippen LogP contribution in [0.15, 0.2) is 42.5 Å². The highest BCUT2D eigenvalue weighted by molar-refractivity contribution is 7.78. The minimum absolute atomic E-state index is 0.000463. The third-order valence-electron chi connectivity index (χ3n) is 6.65. The maximum absolute atomic E-state index is 13.6. The zero-order chi connectivity index (χ0) is 23.8. The van der Waals surface area contributed by atoms with Gasteiger partial charge in [0.05, 0.1) is 24.0 Å². The lowest BCUT2D eigenvalue weighted by molar-refractivity contribution is -0.141. The second kappa shape index (κ2) is 11.4. The summed E-state index contributed by atoms with van der Waals surface area (Å²) in [6.07, 6.45) is 6.30. The van der Waals surface area contributed by atoms with E-state index < -0.39 is 7.26 Å². The Labute approximate surface area is 197 Å². The fourth-order valence-electron chi connectivity index (χ4n) is 5.02. The first-order valence-electron chi connectivity index (χ1n) is 11.8. The van der Waals surface area contributed by atoms with Crippen LogP contribution >= 0.6 is 7.26 Å². The van der Waals surface area contributed by atoms with Gasteiger partial charge in [0.2, 0.25) is 0 Å². The predicted molar refractivity (Wildman–Crippen MR) is 135 cm³/mol. The van der Waals surface area contributed by atoms with Crippen LogP contribution in [-0.2, 0) is 20.9 Å². The summed E-state index contributed by atoms with van der Waals surface area (Å²) in [5, 5.41) is 12.4. The van der Waals surface area contributed by atoms with Gasteiger partial charge in [-0.2, -0.15) is 5.26 Å². The lowest BCUT2D eigenvalue weighted by Gasteiger charge is -2.35. The van der Waals surface area contributed by atoms with E-state index in [1.807, 2.05) is 51.1 Å². The van der Waals surface area contributed by atoms with Crippen molar-refractivity contribution >= 4 is 24.8 Å². The molecule has 0 bridgehead atoms. The molecule has 1 heterocycles. The summed E-state index contributed by atoms with van der Waals surface area (Å²) in [7, 11) is -1.86. The molecular formula is C27H34N2O3P+. The number of hydrogen-bond donors (Lipinski definition) is 1. The number of carbonyl (C=O) groups excluding carboxylic acids is 2. The zero-order valence-electron chi connectivity index (χ0n) is 19.9. The monoisotopic (exact) mass is 465 g/mol. The number of benzene rings is 2. The van der Waals surface area contributed by atoms with Crippen molar-refractivity contribution in [1.82, 2.24) is 0 Å². The van der Waals surface area contributed by atoms with Crippen LogP contribution in [0, 0.1) is 25.2 Å². The molecule has 1 aliphatic heterocycles. The van der Waals surface area contributed by atoms with Gasteiger partial charge < -0.3 is 10.1 Å². The molecule has 1 amide bonds. The van der Waals surface area contributed by atoms with Crippen LogP contribution in [0.25, 0.3) is 0 Å². The fraction of sp³-hybridized carbons (Fsp3) is 0.444. The van der Waals surface area contributed by atoms with Crippen molar-refractivity contribution in [2.75, 3.05) is 23.8 Å². The highest BCUT2D eigenvalue weighted by atomic mass is 31.2. The van der Waals surface area contributed by atoms with Gasteiger partial charge in [-0.1, -0.05) is 37.3 Å². The molecule has 1 aliphatic rings. The summed E-state index contributed by atoms with van der Waals surface area (Å²) in [6, 6.07) is 15.5. The van der Waals surface area contributed by atoms with E-state index in [1.165, 1.54) is 0 Å². The summed E-state index contributed by atoms with van der Waals surface area (Å²) in [5.74, 6) is -0.189. The van der Waals surface area contributed by atoms with Crippen LogP contribution < -0.4 is 5.32 Å². The van der Waals surface area contributed by atoms with Gasteiger partial charge in [0.25, 0.3) is 5.91 Å². The third kappa shape index (κ3) is 6.21. The van der Waals surface area contributed by atoms with E-state index in [1.54, 1.807) is 12.1 Å². The van der Waals surface area contributed by atoms with E-state index in [0.717, 1.165) is 54.0 Å². The van der Waals surface area contributed by atoms with E-state index in [4.69, 9.17) is 4.74 Å². The normalized spacial score (nSPS) is 15.8. The van der Waals surface area contributed by atoms with Crippen LogP contribution in [0.5, 0.6) is 0 Å². The minimum atomic E-state index is -1.86. The Morgan fingerprint density at radius 3 is 2.30 bits per heavy atom. The molecular weight excluding hydrogens is 431 g/mol. The van der Waals surface area contributed by atoms with Crippen LogP contribution in [-0.4, -0.2) is 36.0 Å². The second-order valence-electron chi connectivity index (χ2n) is 9.04. The molecule has 1 N–H and O–H groups in total. The Morgan fingerprint density at radius 2 is 1.73 bits per heavy atom. The number of carbonyl (C=O) groups is 2. The summed E-state index contributed by atoms with van der Waals surface area (Å²) in [4.78, 5) is 26.5. The lowest BCUT2D eigenvalue weighted by atomic mass is 10.0. The smallest absolute Gasteiger partial charge is 0.344 e. The average molecular weight is 466 g/mol. The van der Waals surface area contributed by atoms with E-state index in [0.29, 0.717) is 18.1 Å². The Morgan fingerprint density at radius 1 is 1.09 bits per heavy atom. The SMILES string of the molecule is CCC(C(=O)Nc1c(C)cc(C#N)cc1C)[P+]1(CC(=O)OCc2ccccc2)CCCCC1. The van der Waals surface area contributed by atoms with Crippen LogP contribution in [0.2, 0.25) is 0 Å². The molecule has 0 radical (unpaired) electrons. The molecule has 1 atom stereocenters.